The van der Waals surface area contributed by atoms with E-state index in [1.54, 1.807) is 6.92 Å². The van der Waals surface area contributed by atoms with Gasteiger partial charge in [-0.25, -0.2) is 4.39 Å². The molecule has 2 unspecified atom stereocenters. The fourth-order valence-electron chi connectivity index (χ4n) is 1.42. The average Bonchev–Trinajstić information content (AvgIpc) is 2.30. The van der Waals surface area contributed by atoms with Crippen LogP contribution in [0.4, 0.5) is 17.6 Å². The van der Waals surface area contributed by atoms with E-state index < -0.39 is 30.7 Å². The molecule has 2 atom stereocenters. The minimum atomic E-state index is -4.65. The van der Waals surface area contributed by atoms with Crippen molar-refractivity contribution in [1.29, 1.82) is 0 Å². The van der Waals surface area contributed by atoms with Gasteiger partial charge in [-0.3, -0.25) is 4.98 Å². The molecule has 0 aromatic carbocycles. The van der Waals surface area contributed by atoms with Gasteiger partial charge < -0.3 is 10.4 Å². The lowest BCUT2D eigenvalue weighted by atomic mass is 10.1. The van der Waals surface area contributed by atoms with Gasteiger partial charge in [0.05, 0.1) is 11.9 Å². The van der Waals surface area contributed by atoms with Crippen LogP contribution in [-0.2, 0) is 0 Å². The number of hydrogen-bond donors (Lipinski definition) is 2. The summed E-state index contributed by atoms with van der Waals surface area (Å²) in [6, 6.07) is 2.13. The van der Waals surface area contributed by atoms with E-state index in [1.165, 1.54) is 12.1 Å². The van der Waals surface area contributed by atoms with Crippen LogP contribution in [0, 0.1) is 5.82 Å². The molecule has 0 saturated carbocycles. The molecule has 1 heterocycles. The molecule has 0 aliphatic heterocycles. The molecule has 0 aliphatic rings. The smallest absolute Gasteiger partial charge is 0.382 e. The molecule has 3 nitrogen and oxygen atoms in total. The van der Waals surface area contributed by atoms with Gasteiger partial charge in [-0.15, -0.1) is 0 Å². The predicted molar refractivity (Wildman–Crippen MR) is 57.3 cm³/mol. The van der Waals surface area contributed by atoms with Crippen molar-refractivity contribution in [2.45, 2.75) is 31.7 Å². The van der Waals surface area contributed by atoms with Gasteiger partial charge in [0.15, 0.2) is 6.10 Å². The van der Waals surface area contributed by atoms with Crippen molar-refractivity contribution >= 4 is 0 Å². The largest absolute Gasteiger partial charge is 0.415 e. The highest BCUT2D eigenvalue weighted by molar-refractivity contribution is 5.09. The monoisotopic (exact) mass is 266 g/mol. The SMILES string of the molecule is CCC(NCC(O)C(F)(F)F)c1ccc(F)cn1. The van der Waals surface area contributed by atoms with Crippen molar-refractivity contribution < 1.29 is 22.7 Å². The molecule has 1 aromatic rings. The Labute approximate surface area is 102 Å². The first-order valence-electron chi connectivity index (χ1n) is 5.44. The van der Waals surface area contributed by atoms with Crippen molar-refractivity contribution in [3.05, 3.63) is 29.8 Å². The zero-order chi connectivity index (χ0) is 13.8. The molecule has 102 valence electrons. The zero-order valence-corrected chi connectivity index (χ0v) is 9.71. The number of aliphatic hydroxyl groups excluding tert-OH is 1. The van der Waals surface area contributed by atoms with E-state index in [-0.39, 0.29) is 0 Å². The van der Waals surface area contributed by atoms with Crippen LogP contribution in [0.1, 0.15) is 25.1 Å². The molecule has 18 heavy (non-hydrogen) atoms. The van der Waals surface area contributed by atoms with E-state index in [0.717, 1.165) is 6.20 Å². The van der Waals surface area contributed by atoms with E-state index in [0.29, 0.717) is 12.1 Å². The van der Waals surface area contributed by atoms with Gasteiger partial charge in [0.2, 0.25) is 0 Å². The van der Waals surface area contributed by atoms with Crippen LogP contribution >= 0.6 is 0 Å². The second-order valence-electron chi connectivity index (χ2n) is 3.83. The first-order chi connectivity index (χ1) is 8.34. The summed E-state index contributed by atoms with van der Waals surface area (Å²) < 4.78 is 49.0. The lowest BCUT2D eigenvalue weighted by Gasteiger charge is -2.20. The maximum Gasteiger partial charge on any atom is 0.415 e. The van der Waals surface area contributed by atoms with Crippen LogP contribution in [0.5, 0.6) is 0 Å². The highest BCUT2D eigenvalue weighted by atomic mass is 19.4. The lowest BCUT2D eigenvalue weighted by Crippen LogP contribution is -2.39. The Morgan fingerprint density at radius 2 is 2.06 bits per heavy atom. The van der Waals surface area contributed by atoms with Crippen LogP contribution in [-0.4, -0.2) is 28.9 Å². The van der Waals surface area contributed by atoms with Gasteiger partial charge in [0, 0.05) is 12.6 Å². The van der Waals surface area contributed by atoms with Gasteiger partial charge in [0.1, 0.15) is 5.82 Å². The molecular weight excluding hydrogens is 252 g/mol. The van der Waals surface area contributed by atoms with Crippen LogP contribution in [0.2, 0.25) is 0 Å². The molecule has 0 bridgehead atoms. The van der Waals surface area contributed by atoms with Crippen molar-refractivity contribution in [3.8, 4) is 0 Å². The third kappa shape index (κ3) is 4.23. The quantitative estimate of drug-likeness (QED) is 0.803. The van der Waals surface area contributed by atoms with E-state index in [2.05, 4.69) is 10.3 Å². The summed E-state index contributed by atoms with van der Waals surface area (Å²) in [6.45, 7) is 1.13. The van der Waals surface area contributed by atoms with Crippen LogP contribution in [0.15, 0.2) is 18.3 Å². The number of pyridine rings is 1. The first-order valence-corrected chi connectivity index (χ1v) is 5.44. The van der Waals surface area contributed by atoms with Crippen molar-refractivity contribution in [1.82, 2.24) is 10.3 Å². The number of halogens is 4. The standard InChI is InChI=1S/C11H14F4N2O/c1-2-8(9-4-3-7(12)5-16-9)17-6-10(18)11(13,14)15/h3-5,8,10,17-18H,2,6H2,1H3. The number of alkyl halides is 3. The summed E-state index contributed by atoms with van der Waals surface area (Å²) in [6.07, 6.45) is -5.60. The molecule has 1 rings (SSSR count). The van der Waals surface area contributed by atoms with E-state index in [1.807, 2.05) is 0 Å². The maximum atomic E-state index is 12.7. The van der Waals surface area contributed by atoms with Gasteiger partial charge >= 0.3 is 6.18 Å². The first kappa shape index (κ1) is 14.8. The highest BCUT2D eigenvalue weighted by Gasteiger charge is 2.38. The molecule has 0 saturated heterocycles. The Balaban J connectivity index is 2.60. The third-order valence-corrected chi connectivity index (χ3v) is 2.45. The fraction of sp³-hybridized carbons (Fsp3) is 0.545. The van der Waals surface area contributed by atoms with Gasteiger partial charge in [-0.1, -0.05) is 6.92 Å². The number of hydrogen-bond acceptors (Lipinski definition) is 3. The molecule has 1 aromatic heterocycles. The predicted octanol–water partition coefficient (Wildman–Crippen LogP) is 2.18. The fourth-order valence-corrected chi connectivity index (χ4v) is 1.42. The molecule has 0 aliphatic carbocycles. The van der Waals surface area contributed by atoms with Gasteiger partial charge in [0.25, 0.3) is 0 Å². The normalized spacial score (nSPS) is 15.4. The minimum Gasteiger partial charge on any atom is -0.382 e. The number of aromatic nitrogens is 1. The topological polar surface area (TPSA) is 45.1 Å². The van der Waals surface area contributed by atoms with Crippen molar-refractivity contribution in [2.24, 2.45) is 0 Å². The summed E-state index contributed by atoms with van der Waals surface area (Å²) in [5.41, 5.74) is 0.438. The molecular formula is C11H14F4N2O. The molecule has 0 spiro atoms. The summed E-state index contributed by atoms with van der Waals surface area (Å²) in [5.74, 6) is -0.510. The van der Waals surface area contributed by atoms with Gasteiger partial charge in [-0.05, 0) is 18.6 Å². The number of rotatable bonds is 5. The van der Waals surface area contributed by atoms with Crippen LogP contribution in [0.3, 0.4) is 0 Å². The second-order valence-corrected chi connectivity index (χ2v) is 3.83. The summed E-state index contributed by atoms with van der Waals surface area (Å²) in [7, 11) is 0. The average molecular weight is 266 g/mol. The Morgan fingerprint density at radius 3 is 2.50 bits per heavy atom. The summed E-state index contributed by atoms with van der Waals surface area (Å²) >= 11 is 0. The van der Waals surface area contributed by atoms with Crippen molar-refractivity contribution in [2.75, 3.05) is 6.54 Å². The zero-order valence-electron chi connectivity index (χ0n) is 9.71. The second kappa shape index (κ2) is 6.10. The van der Waals surface area contributed by atoms with Gasteiger partial charge in [-0.2, -0.15) is 13.2 Å². The van der Waals surface area contributed by atoms with E-state index in [4.69, 9.17) is 5.11 Å². The Kier molecular flexibility index (Phi) is 5.03. The summed E-state index contributed by atoms with van der Waals surface area (Å²) in [4.78, 5) is 3.79. The molecule has 2 N–H and O–H groups in total. The molecule has 7 heteroatoms. The molecule has 0 fully saturated rings. The molecule has 0 radical (unpaired) electrons. The maximum absolute atomic E-state index is 12.7. The van der Waals surface area contributed by atoms with Crippen LogP contribution < -0.4 is 5.32 Å². The third-order valence-electron chi connectivity index (χ3n) is 2.45. The highest BCUT2D eigenvalue weighted by Crippen LogP contribution is 2.21. The number of nitrogens with zero attached hydrogens (tertiary/aromatic N) is 1. The summed E-state index contributed by atoms with van der Waals surface area (Å²) in [5, 5.41) is 11.4. The number of nitrogens with one attached hydrogen (secondary N) is 1. The Bertz CT molecular complexity index is 366. The minimum absolute atomic E-state index is 0.438. The Hall–Kier alpha value is -1.21. The molecule has 0 amide bonds. The van der Waals surface area contributed by atoms with Crippen molar-refractivity contribution in [3.63, 3.8) is 0 Å². The number of aliphatic hydroxyl groups is 1. The van der Waals surface area contributed by atoms with E-state index in [9.17, 15) is 17.6 Å². The lowest BCUT2D eigenvalue weighted by molar-refractivity contribution is -0.202. The van der Waals surface area contributed by atoms with E-state index >= 15 is 0 Å². The van der Waals surface area contributed by atoms with Crippen LogP contribution in [0.25, 0.3) is 0 Å². The Morgan fingerprint density at radius 1 is 1.39 bits per heavy atom.